The van der Waals surface area contributed by atoms with Gasteiger partial charge in [0.15, 0.2) is 0 Å². The Hall–Kier alpha value is -0.120. The number of aliphatic hydroxyl groups is 1. The lowest BCUT2D eigenvalue weighted by atomic mass is 10.1. The predicted molar refractivity (Wildman–Crippen MR) is 52.7 cm³/mol. The van der Waals surface area contributed by atoms with Gasteiger partial charge in [0.1, 0.15) is 0 Å². The summed E-state index contributed by atoms with van der Waals surface area (Å²) < 4.78 is 4.90. The Morgan fingerprint density at radius 2 is 2.23 bits per heavy atom. The van der Waals surface area contributed by atoms with Gasteiger partial charge in [-0.1, -0.05) is 6.92 Å². The number of nitrogens with zero attached hydrogens (tertiary/aromatic N) is 1. The molecule has 0 aromatic rings. The van der Waals surface area contributed by atoms with Crippen molar-refractivity contribution in [2.24, 2.45) is 5.92 Å². The Balaban J connectivity index is 2.28. The topological polar surface area (TPSA) is 32.7 Å². The van der Waals surface area contributed by atoms with E-state index in [-0.39, 0.29) is 6.10 Å². The average molecular weight is 187 g/mol. The molecule has 1 fully saturated rings. The largest absolute Gasteiger partial charge is 0.389 e. The molecular formula is C10H21NO2. The standard InChI is InChI=1S/C10H21NO2/c1-8-4-9(2)11(5-8)6-10(12)7-13-3/h8-10,12H,4-7H2,1-3H3. The van der Waals surface area contributed by atoms with Crippen LogP contribution in [0.3, 0.4) is 0 Å². The molecule has 13 heavy (non-hydrogen) atoms. The minimum absolute atomic E-state index is 0.335. The monoisotopic (exact) mass is 187 g/mol. The quantitative estimate of drug-likeness (QED) is 0.704. The molecule has 3 nitrogen and oxygen atoms in total. The van der Waals surface area contributed by atoms with Gasteiger partial charge >= 0.3 is 0 Å². The fourth-order valence-electron chi connectivity index (χ4n) is 2.16. The SMILES string of the molecule is COCC(O)CN1CC(C)CC1C. The minimum atomic E-state index is -0.335. The lowest BCUT2D eigenvalue weighted by molar-refractivity contribution is 0.0358. The third-order valence-electron chi connectivity index (χ3n) is 2.72. The Morgan fingerprint density at radius 3 is 2.69 bits per heavy atom. The highest BCUT2D eigenvalue weighted by Gasteiger charge is 2.27. The van der Waals surface area contributed by atoms with Crippen LogP contribution in [0, 0.1) is 5.92 Å². The molecule has 0 aliphatic carbocycles. The molecule has 0 radical (unpaired) electrons. The van der Waals surface area contributed by atoms with Crippen LogP contribution in [-0.2, 0) is 4.74 Å². The normalized spacial score (nSPS) is 32.3. The van der Waals surface area contributed by atoms with Crippen LogP contribution in [0.25, 0.3) is 0 Å². The molecule has 3 atom stereocenters. The number of methoxy groups -OCH3 is 1. The third kappa shape index (κ3) is 3.25. The van der Waals surface area contributed by atoms with Gasteiger partial charge in [0.25, 0.3) is 0 Å². The molecule has 0 spiro atoms. The molecule has 3 heteroatoms. The summed E-state index contributed by atoms with van der Waals surface area (Å²) in [6.07, 6.45) is 0.914. The molecule has 3 unspecified atom stereocenters. The van der Waals surface area contributed by atoms with Crippen molar-refractivity contribution in [2.75, 3.05) is 26.8 Å². The predicted octanol–water partition coefficient (Wildman–Crippen LogP) is 0.724. The average Bonchev–Trinajstić information content (AvgIpc) is 2.30. The van der Waals surface area contributed by atoms with Crippen molar-refractivity contribution < 1.29 is 9.84 Å². The molecule has 1 N–H and O–H groups in total. The van der Waals surface area contributed by atoms with Crippen molar-refractivity contribution in [3.8, 4) is 0 Å². The minimum Gasteiger partial charge on any atom is -0.389 e. The zero-order chi connectivity index (χ0) is 9.84. The van der Waals surface area contributed by atoms with Crippen LogP contribution in [0.1, 0.15) is 20.3 Å². The summed E-state index contributed by atoms with van der Waals surface area (Å²) in [6, 6.07) is 0.613. The summed E-state index contributed by atoms with van der Waals surface area (Å²) in [5.74, 6) is 0.768. The van der Waals surface area contributed by atoms with Crippen molar-refractivity contribution >= 4 is 0 Å². The van der Waals surface area contributed by atoms with Gasteiger partial charge in [0.2, 0.25) is 0 Å². The zero-order valence-electron chi connectivity index (χ0n) is 8.86. The summed E-state index contributed by atoms with van der Waals surface area (Å²) >= 11 is 0. The van der Waals surface area contributed by atoms with E-state index in [1.807, 2.05) is 0 Å². The number of ether oxygens (including phenoxy) is 1. The summed E-state index contributed by atoms with van der Waals surface area (Å²) in [5, 5.41) is 9.55. The number of hydrogen-bond donors (Lipinski definition) is 1. The van der Waals surface area contributed by atoms with Crippen LogP contribution in [0.4, 0.5) is 0 Å². The zero-order valence-corrected chi connectivity index (χ0v) is 8.86. The van der Waals surface area contributed by atoms with Crippen LogP contribution >= 0.6 is 0 Å². The second-order valence-electron chi connectivity index (χ2n) is 4.25. The van der Waals surface area contributed by atoms with Gasteiger partial charge in [0.05, 0.1) is 12.7 Å². The van der Waals surface area contributed by atoms with Gasteiger partial charge in [-0.15, -0.1) is 0 Å². The number of β-amino-alcohol motifs (C(OH)–C–C–N with tert-alkyl or cyclic N) is 1. The first-order chi connectivity index (χ1) is 6.13. The highest BCUT2D eigenvalue weighted by atomic mass is 16.5. The molecule has 0 aromatic carbocycles. The van der Waals surface area contributed by atoms with Crippen LogP contribution in [-0.4, -0.2) is 49.0 Å². The highest BCUT2D eigenvalue weighted by Crippen LogP contribution is 2.22. The van der Waals surface area contributed by atoms with E-state index in [2.05, 4.69) is 18.7 Å². The number of hydrogen-bond acceptors (Lipinski definition) is 3. The van der Waals surface area contributed by atoms with Gasteiger partial charge in [-0.2, -0.15) is 0 Å². The number of aliphatic hydroxyl groups excluding tert-OH is 1. The van der Waals surface area contributed by atoms with Crippen molar-refractivity contribution in [3.63, 3.8) is 0 Å². The first-order valence-corrected chi connectivity index (χ1v) is 5.04. The maximum atomic E-state index is 9.55. The van der Waals surface area contributed by atoms with Crippen LogP contribution < -0.4 is 0 Å². The van der Waals surface area contributed by atoms with Gasteiger partial charge in [-0.25, -0.2) is 0 Å². The molecule has 0 saturated carbocycles. The molecule has 0 aromatic heterocycles. The lowest BCUT2D eigenvalue weighted by Gasteiger charge is -2.23. The van der Waals surface area contributed by atoms with E-state index in [4.69, 9.17) is 4.74 Å². The summed E-state index contributed by atoms with van der Waals surface area (Å²) in [4.78, 5) is 2.34. The second-order valence-corrected chi connectivity index (χ2v) is 4.25. The van der Waals surface area contributed by atoms with E-state index in [1.54, 1.807) is 7.11 Å². The van der Waals surface area contributed by atoms with Crippen LogP contribution in [0.2, 0.25) is 0 Å². The van der Waals surface area contributed by atoms with Gasteiger partial charge in [-0.05, 0) is 19.3 Å². The number of rotatable bonds is 4. The fourth-order valence-corrected chi connectivity index (χ4v) is 2.16. The van der Waals surface area contributed by atoms with Crippen molar-refractivity contribution in [1.82, 2.24) is 4.90 Å². The molecule has 1 saturated heterocycles. The van der Waals surface area contributed by atoms with Crippen molar-refractivity contribution in [1.29, 1.82) is 0 Å². The molecule has 1 heterocycles. The Kier molecular flexibility index (Phi) is 4.16. The van der Waals surface area contributed by atoms with E-state index < -0.39 is 0 Å². The third-order valence-corrected chi connectivity index (χ3v) is 2.72. The first kappa shape index (κ1) is 11.0. The molecule has 1 aliphatic rings. The maximum absolute atomic E-state index is 9.55. The van der Waals surface area contributed by atoms with Crippen LogP contribution in [0.15, 0.2) is 0 Å². The molecule has 0 amide bonds. The highest BCUT2D eigenvalue weighted by molar-refractivity contribution is 4.81. The molecule has 78 valence electrons. The van der Waals surface area contributed by atoms with E-state index in [0.29, 0.717) is 12.6 Å². The number of likely N-dealkylation sites (tertiary alicyclic amines) is 1. The Bertz CT molecular complexity index is 152. The maximum Gasteiger partial charge on any atom is 0.0900 e. The molecule has 0 bridgehead atoms. The summed E-state index contributed by atoms with van der Waals surface area (Å²) in [5.41, 5.74) is 0. The molecule has 1 rings (SSSR count). The van der Waals surface area contributed by atoms with Gasteiger partial charge in [0, 0.05) is 26.2 Å². The van der Waals surface area contributed by atoms with E-state index in [1.165, 1.54) is 6.42 Å². The molecule has 1 aliphatic heterocycles. The van der Waals surface area contributed by atoms with Gasteiger partial charge < -0.3 is 9.84 Å². The van der Waals surface area contributed by atoms with Gasteiger partial charge in [-0.3, -0.25) is 4.90 Å². The van der Waals surface area contributed by atoms with Crippen molar-refractivity contribution in [3.05, 3.63) is 0 Å². The Labute approximate surface area is 80.7 Å². The summed E-state index contributed by atoms with van der Waals surface area (Å²) in [7, 11) is 1.62. The lowest BCUT2D eigenvalue weighted by Crippen LogP contribution is -2.36. The van der Waals surface area contributed by atoms with Crippen molar-refractivity contribution in [2.45, 2.75) is 32.4 Å². The first-order valence-electron chi connectivity index (χ1n) is 5.04. The smallest absolute Gasteiger partial charge is 0.0900 e. The Morgan fingerprint density at radius 1 is 1.54 bits per heavy atom. The molecular weight excluding hydrogens is 166 g/mol. The fraction of sp³-hybridized carbons (Fsp3) is 1.00. The van der Waals surface area contributed by atoms with E-state index >= 15 is 0 Å². The van der Waals surface area contributed by atoms with E-state index in [0.717, 1.165) is 19.0 Å². The second kappa shape index (κ2) is 4.94. The van der Waals surface area contributed by atoms with Crippen LogP contribution in [0.5, 0.6) is 0 Å². The summed E-state index contributed by atoms with van der Waals surface area (Å²) in [6.45, 7) is 6.79. The van der Waals surface area contributed by atoms with E-state index in [9.17, 15) is 5.11 Å².